The quantitative estimate of drug-likeness (QED) is 0.630. The number of ether oxygens (including phenoxy) is 2. The zero-order valence-electron chi connectivity index (χ0n) is 14.6. The Morgan fingerprint density at radius 3 is 2.48 bits per heavy atom. The summed E-state index contributed by atoms with van der Waals surface area (Å²) in [5.41, 5.74) is -1.13. The Kier molecular flexibility index (Phi) is 5.89. The third-order valence-corrected chi connectivity index (χ3v) is 4.42. The van der Waals surface area contributed by atoms with Crippen molar-refractivity contribution in [3.8, 4) is 0 Å². The largest absolute Gasteiger partial charge is 0.466 e. The van der Waals surface area contributed by atoms with Gasteiger partial charge in [0.25, 0.3) is 0 Å². The lowest BCUT2D eigenvalue weighted by atomic mass is 9.62. The second-order valence-electron chi connectivity index (χ2n) is 6.27. The number of ketones is 1. The Hall–Kier alpha value is -2.28. The van der Waals surface area contributed by atoms with E-state index in [2.05, 4.69) is 4.98 Å². The van der Waals surface area contributed by atoms with Crippen LogP contribution in [0.1, 0.15) is 38.7 Å². The molecule has 7 nitrogen and oxygen atoms in total. The third-order valence-electron chi connectivity index (χ3n) is 4.42. The van der Waals surface area contributed by atoms with Crippen LogP contribution in [-0.2, 0) is 23.9 Å². The molecule has 0 amide bonds. The van der Waals surface area contributed by atoms with Gasteiger partial charge in [-0.05, 0) is 32.4 Å². The Morgan fingerprint density at radius 2 is 1.92 bits per heavy atom. The Labute approximate surface area is 146 Å². The minimum Gasteiger partial charge on any atom is -0.466 e. The van der Waals surface area contributed by atoms with Crippen molar-refractivity contribution < 1.29 is 29.0 Å². The number of Topliss-reactive ketones (excluding diaryl/α,β-unsaturated/α-hetero) is 1. The summed E-state index contributed by atoms with van der Waals surface area (Å²) in [5, 5.41) is 10.8. The smallest absolute Gasteiger partial charge is 0.317 e. The van der Waals surface area contributed by atoms with Gasteiger partial charge in [-0.25, -0.2) is 0 Å². The molecule has 1 N–H and O–H groups in total. The first-order valence-corrected chi connectivity index (χ1v) is 8.31. The minimum atomic E-state index is -1.63. The van der Waals surface area contributed by atoms with Crippen molar-refractivity contribution >= 4 is 17.7 Å². The van der Waals surface area contributed by atoms with Gasteiger partial charge in [-0.3, -0.25) is 19.4 Å². The molecule has 1 heterocycles. The molecule has 1 aromatic rings. The van der Waals surface area contributed by atoms with E-state index in [0.29, 0.717) is 5.56 Å². The molecule has 1 aromatic heterocycles. The molecule has 0 aliphatic heterocycles. The fourth-order valence-corrected chi connectivity index (χ4v) is 3.45. The maximum absolute atomic E-state index is 12.6. The van der Waals surface area contributed by atoms with Crippen LogP contribution in [0.4, 0.5) is 0 Å². The van der Waals surface area contributed by atoms with E-state index in [0.717, 1.165) is 0 Å². The first-order valence-electron chi connectivity index (χ1n) is 8.31. The van der Waals surface area contributed by atoms with Gasteiger partial charge in [0, 0.05) is 24.7 Å². The molecule has 1 fully saturated rings. The molecule has 1 aliphatic carbocycles. The second kappa shape index (κ2) is 7.74. The molecule has 0 bridgehead atoms. The van der Waals surface area contributed by atoms with Crippen LogP contribution < -0.4 is 0 Å². The van der Waals surface area contributed by atoms with Crippen LogP contribution in [0, 0.1) is 11.8 Å². The summed E-state index contributed by atoms with van der Waals surface area (Å²) in [6.45, 7) is 4.95. The molecule has 0 saturated heterocycles. The molecular weight excluding hydrogens is 326 g/mol. The number of esters is 2. The standard InChI is InChI=1S/C18H23NO6/c1-4-24-16(21)14-12(20)9-18(3,23)15(17(22)25-5-2)13(14)11-7-6-8-19-10-11/h6-8,10,13-15,23H,4-5,9H2,1-3H3/t13-,14+,15+,18-/m0/s1. The van der Waals surface area contributed by atoms with Crippen molar-refractivity contribution in [3.63, 3.8) is 0 Å². The van der Waals surface area contributed by atoms with Crippen LogP contribution in [-0.4, -0.2) is 46.6 Å². The molecule has 0 aromatic carbocycles. The molecule has 2 rings (SSSR count). The van der Waals surface area contributed by atoms with Crippen LogP contribution in [0.15, 0.2) is 24.5 Å². The molecule has 4 atom stereocenters. The second-order valence-corrected chi connectivity index (χ2v) is 6.27. The topological polar surface area (TPSA) is 103 Å². The minimum absolute atomic E-state index is 0.114. The van der Waals surface area contributed by atoms with Crippen molar-refractivity contribution in [1.29, 1.82) is 0 Å². The van der Waals surface area contributed by atoms with Gasteiger partial charge in [-0.2, -0.15) is 0 Å². The zero-order valence-corrected chi connectivity index (χ0v) is 14.6. The molecule has 0 radical (unpaired) electrons. The number of hydrogen-bond acceptors (Lipinski definition) is 7. The highest BCUT2D eigenvalue weighted by Crippen LogP contribution is 2.46. The van der Waals surface area contributed by atoms with Crippen molar-refractivity contribution in [2.75, 3.05) is 13.2 Å². The maximum atomic E-state index is 12.6. The van der Waals surface area contributed by atoms with E-state index in [1.54, 1.807) is 32.2 Å². The third kappa shape index (κ3) is 3.87. The molecule has 0 unspecified atom stereocenters. The first-order chi connectivity index (χ1) is 11.8. The summed E-state index contributed by atoms with van der Waals surface area (Å²) in [4.78, 5) is 41.6. The van der Waals surface area contributed by atoms with E-state index in [-0.39, 0.29) is 19.6 Å². The highest BCUT2D eigenvalue weighted by molar-refractivity contribution is 6.02. The summed E-state index contributed by atoms with van der Waals surface area (Å²) in [5.74, 6) is -4.97. The fourth-order valence-electron chi connectivity index (χ4n) is 3.45. The normalized spacial score (nSPS) is 29.1. The molecule has 1 aliphatic rings. The van der Waals surface area contributed by atoms with Gasteiger partial charge in [0.15, 0.2) is 5.78 Å². The molecular formula is C18H23NO6. The Morgan fingerprint density at radius 1 is 1.28 bits per heavy atom. The van der Waals surface area contributed by atoms with Gasteiger partial charge in [0.2, 0.25) is 0 Å². The summed E-state index contributed by atoms with van der Waals surface area (Å²) in [7, 11) is 0. The van der Waals surface area contributed by atoms with Crippen LogP contribution >= 0.6 is 0 Å². The maximum Gasteiger partial charge on any atom is 0.317 e. The number of aromatic nitrogens is 1. The predicted molar refractivity (Wildman–Crippen MR) is 87.5 cm³/mol. The van der Waals surface area contributed by atoms with Gasteiger partial charge in [-0.15, -0.1) is 0 Å². The number of hydrogen-bond donors (Lipinski definition) is 1. The van der Waals surface area contributed by atoms with Crippen LogP contribution in [0.2, 0.25) is 0 Å². The molecule has 0 spiro atoms. The number of pyridine rings is 1. The Bertz CT molecular complexity index is 642. The van der Waals surface area contributed by atoms with Crippen molar-refractivity contribution in [1.82, 2.24) is 4.98 Å². The van der Waals surface area contributed by atoms with Crippen molar-refractivity contribution in [2.24, 2.45) is 11.8 Å². The van der Waals surface area contributed by atoms with E-state index >= 15 is 0 Å². The van der Waals surface area contributed by atoms with E-state index in [4.69, 9.17) is 9.47 Å². The van der Waals surface area contributed by atoms with Crippen LogP contribution in [0.3, 0.4) is 0 Å². The van der Waals surface area contributed by atoms with Crippen LogP contribution in [0.5, 0.6) is 0 Å². The first kappa shape index (κ1) is 19.1. The van der Waals surface area contributed by atoms with E-state index in [1.165, 1.54) is 13.1 Å². The van der Waals surface area contributed by atoms with Gasteiger partial charge >= 0.3 is 11.9 Å². The monoisotopic (exact) mass is 349 g/mol. The molecule has 25 heavy (non-hydrogen) atoms. The average Bonchev–Trinajstić information content (AvgIpc) is 2.54. The van der Waals surface area contributed by atoms with Gasteiger partial charge in [0.05, 0.1) is 24.7 Å². The SMILES string of the molecule is CCOC(=O)[C@@H]1C(=O)C[C@](C)(O)[C@@H](C(=O)OCC)[C@H]1c1cccnc1. The number of carbonyl (C=O) groups is 3. The predicted octanol–water partition coefficient (Wildman–Crippen LogP) is 1.25. The van der Waals surface area contributed by atoms with E-state index in [1.807, 2.05) is 0 Å². The number of aliphatic hydroxyl groups is 1. The Balaban J connectivity index is 2.57. The zero-order chi connectivity index (χ0) is 18.6. The van der Waals surface area contributed by atoms with Gasteiger partial charge < -0.3 is 14.6 Å². The van der Waals surface area contributed by atoms with Crippen molar-refractivity contribution in [2.45, 2.75) is 38.7 Å². The van der Waals surface area contributed by atoms with E-state index in [9.17, 15) is 19.5 Å². The number of nitrogens with zero attached hydrogens (tertiary/aromatic N) is 1. The lowest BCUT2D eigenvalue weighted by Crippen LogP contribution is -2.55. The summed E-state index contributed by atoms with van der Waals surface area (Å²) in [6, 6.07) is 3.32. The number of carbonyl (C=O) groups excluding carboxylic acids is 3. The van der Waals surface area contributed by atoms with E-state index < -0.39 is 41.1 Å². The summed E-state index contributed by atoms with van der Waals surface area (Å²) in [6.07, 6.45) is 2.71. The summed E-state index contributed by atoms with van der Waals surface area (Å²) >= 11 is 0. The van der Waals surface area contributed by atoms with Crippen LogP contribution in [0.25, 0.3) is 0 Å². The fraction of sp³-hybridized carbons (Fsp3) is 0.556. The molecule has 7 heteroatoms. The lowest BCUT2D eigenvalue weighted by Gasteiger charge is -2.43. The average molecular weight is 349 g/mol. The lowest BCUT2D eigenvalue weighted by molar-refractivity contribution is -0.172. The summed E-state index contributed by atoms with van der Waals surface area (Å²) < 4.78 is 10.2. The van der Waals surface area contributed by atoms with Gasteiger partial charge in [0.1, 0.15) is 5.92 Å². The van der Waals surface area contributed by atoms with Gasteiger partial charge in [-0.1, -0.05) is 6.07 Å². The molecule has 136 valence electrons. The molecule has 1 saturated carbocycles. The highest BCUT2D eigenvalue weighted by Gasteiger charge is 2.57. The highest BCUT2D eigenvalue weighted by atomic mass is 16.5. The van der Waals surface area contributed by atoms with Crippen molar-refractivity contribution in [3.05, 3.63) is 30.1 Å². The number of rotatable bonds is 5.